The standard InChI is InChI=1S/C28H29F4N5O3/c1-36(2)18-7-8-37(14-18)24-11-22(29)19(17-5-6-26(34-12-17)40-15-16-3-4-16)9-23(24)35-27(39)20-13-33-25(38)10-21(20)28(30,31)32/h5-6,9-13,16,18H,3-4,7-8,14-15H2,1-2H3,(H,33,38)(H,35,39)/t18-/m0/s1. The Morgan fingerprint density at radius 1 is 1.20 bits per heavy atom. The first-order valence-electron chi connectivity index (χ1n) is 12.9. The normalized spacial score (nSPS) is 17.4. The molecule has 5 rings (SSSR count). The maximum atomic E-state index is 15.5. The third-order valence-corrected chi connectivity index (χ3v) is 7.25. The highest BCUT2D eigenvalue weighted by atomic mass is 19.4. The van der Waals surface area contributed by atoms with Gasteiger partial charge in [-0.15, -0.1) is 0 Å². The summed E-state index contributed by atoms with van der Waals surface area (Å²) >= 11 is 0. The zero-order valence-electron chi connectivity index (χ0n) is 22.0. The number of nitrogens with one attached hydrogen (secondary N) is 2. The van der Waals surface area contributed by atoms with Crippen LogP contribution in [0.4, 0.5) is 28.9 Å². The van der Waals surface area contributed by atoms with Gasteiger partial charge in [0.05, 0.1) is 29.1 Å². The number of anilines is 2. The molecule has 8 nitrogen and oxygen atoms in total. The number of alkyl halides is 3. The molecule has 12 heteroatoms. The lowest BCUT2D eigenvalue weighted by molar-refractivity contribution is -0.138. The minimum atomic E-state index is -4.93. The van der Waals surface area contributed by atoms with Crippen LogP contribution in [-0.2, 0) is 6.18 Å². The van der Waals surface area contributed by atoms with Gasteiger partial charge >= 0.3 is 6.18 Å². The van der Waals surface area contributed by atoms with E-state index in [0.717, 1.165) is 25.5 Å². The van der Waals surface area contributed by atoms with Crippen LogP contribution in [0.3, 0.4) is 0 Å². The summed E-state index contributed by atoms with van der Waals surface area (Å²) in [5, 5.41) is 2.54. The molecule has 0 radical (unpaired) electrons. The Kier molecular flexibility index (Phi) is 7.54. The summed E-state index contributed by atoms with van der Waals surface area (Å²) in [6.45, 7) is 1.67. The van der Waals surface area contributed by atoms with Gasteiger partial charge in [-0.25, -0.2) is 9.37 Å². The van der Waals surface area contributed by atoms with Crippen molar-refractivity contribution >= 4 is 17.3 Å². The molecule has 2 N–H and O–H groups in total. The van der Waals surface area contributed by atoms with Crippen LogP contribution in [0.25, 0.3) is 11.1 Å². The van der Waals surface area contributed by atoms with Gasteiger partial charge in [0.1, 0.15) is 5.82 Å². The van der Waals surface area contributed by atoms with Crippen molar-refractivity contribution in [3.8, 4) is 17.0 Å². The van der Waals surface area contributed by atoms with Crippen LogP contribution in [0.2, 0.25) is 0 Å². The molecule has 3 heterocycles. The Hall–Kier alpha value is -3.93. The van der Waals surface area contributed by atoms with Gasteiger partial charge in [-0.05, 0) is 57.5 Å². The molecule has 2 fully saturated rings. The molecule has 1 saturated heterocycles. The molecular weight excluding hydrogens is 530 g/mol. The van der Waals surface area contributed by atoms with Crippen molar-refractivity contribution in [2.45, 2.75) is 31.5 Å². The van der Waals surface area contributed by atoms with Crippen molar-refractivity contribution in [1.29, 1.82) is 0 Å². The summed E-state index contributed by atoms with van der Waals surface area (Å²) in [6, 6.07) is 6.45. The van der Waals surface area contributed by atoms with Crippen molar-refractivity contribution in [3.63, 3.8) is 0 Å². The lowest BCUT2D eigenvalue weighted by atomic mass is 10.0. The van der Waals surface area contributed by atoms with Gasteiger partial charge in [-0.3, -0.25) is 9.59 Å². The Labute approximate surface area is 228 Å². The maximum absolute atomic E-state index is 15.5. The van der Waals surface area contributed by atoms with Gasteiger partial charge in [0.15, 0.2) is 0 Å². The van der Waals surface area contributed by atoms with E-state index in [4.69, 9.17) is 4.74 Å². The number of carbonyl (C=O) groups is 1. The highest BCUT2D eigenvalue weighted by Crippen LogP contribution is 2.38. The number of likely N-dealkylation sites (N-methyl/N-ethyl adjacent to an activating group) is 1. The molecule has 1 amide bonds. The molecule has 40 heavy (non-hydrogen) atoms. The van der Waals surface area contributed by atoms with Crippen molar-refractivity contribution in [2.75, 3.05) is 44.0 Å². The minimum absolute atomic E-state index is 0.112. The number of halogens is 4. The second kappa shape index (κ2) is 10.9. The number of hydrogen-bond acceptors (Lipinski definition) is 6. The zero-order valence-corrected chi connectivity index (χ0v) is 22.0. The van der Waals surface area contributed by atoms with Crippen molar-refractivity contribution < 1.29 is 27.1 Å². The first-order valence-corrected chi connectivity index (χ1v) is 12.9. The van der Waals surface area contributed by atoms with Gasteiger partial charge < -0.3 is 24.8 Å². The number of hydrogen-bond donors (Lipinski definition) is 2. The topological polar surface area (TPSA) is 90.6 Å². The van der Waals surface area contributed by atoms with Crippen LogP contribution in [0, 0.1) is 11.7 Å². The van der Waals surface area contributed by atoms with Gasteiger partial charge in [0, 0.05) is 54.8 Å². The lowest BCUT2D eigenvalue weighted by Gasteiger charge is -2.25. The molecule has 0 spiro atoms. The molecule has 0 bridgehead atoms. The van der Waals surface area contributed by atoms with Gasteiger partial charge in [-0.1, -0.05) is 0 Å². The van der Waals surface area contributed by atoms with Crippen molar-refractivity contribution in [1.82, 2.24) is 14.9 Å². The van der Waals surface area contributed by atoms with Crippen LogP contribution in [0.1, 0.15) is 35.2 Å². The third kappa shape index (κ3) is 6.11. The highest BCUT2D eigenvalue weighted by molar-refractivity contribution is 6.07. The predicted molar refractivity (Wildman–Crippen MR) is 142 cm³/mol. The molecule has 1 saturated carbocycles. The van der Waals surface area contributed by atoms with Gasteiger partial charge in [0.2, 0.25) is 11.4 Å². The summed E-state index contributed by atoms with van der Waals surface area (Å²) in [7, 11) is 3.86. The Balaban J connectivity index is 1.50. The number of amides is 1. The number of H-pyrrole nitrogens is 1. The smallest absolute Gasteiger partial charge is 0.417 e. The molecule has 3 aromatic rings. The Morgan fingerprint density at radius 3 is 2.60 bits per heavy atom. The first-order chi connectivity index (χ1) is 19.0. The number of carbonyl (C=O) groups excluding carboxylic acids is 1. The fourth-order valence-electron chi connectivity index (χ4n) is 4.72. The first kappa shape index (κ1) is 27.6. The van der Waals surface area contributed by atoms with E-state index < -0.39 is 34.6 Å². The highest BCUT2D eigenvalue weighted by Gasteiger charge is 2.36. The molecule has 2 aliphatic rings. The largest absolute Gasteiger partial charge is 0.477 e. The Bertz CT molecular complexity index is 1450. The van der Waals surface area contributed by atoms with Crippen LogP contribution < -0.4 is 20.5 Å². The molecule has 1 atom stereocenters. The van der Waals surface area contributed by atoms with Crippen LogP contribution in [-0.4, -0.2) is 60.6 Å². The summed E-state index contributed by atoms with van der Waals surface area (Å²) in [6.07, 6.45) is 0.287. The van der Waals surface area contributed by atoms with E-state index in [0.29, 0.717) is 48.8 Å². The average Bonchev–Trinajstić information content (AvgIpc) is 3.61. The van der Waals surface area contributed by atoms with Crippen molar-refractivity contribution in [3.05, 3.63) is 70.0 Å². The summed E-state index contributed by atoms with van der Waals surface area (Å²) in [5.74, 6) is -0.719. The minimum Gasteiger partial charge on any atom is -0.477 e. The fourth-order valence-corrected chi connectivity index (χ4v) is 4.72. The van der Waals surface area contributed by atoms with E-state index in [1.807, 2.05) is 23.9 Å². The summed E-state index contributed by atoms with van der Waals surface area (Å²) in [4.78, 5) is 35.0. The molecule has 1 aliphatic heterocycles. The molecule has 2 aromatic heterocycles. The van der Waals surface area contributed by atoms with Gasteiger partial charge in [0.25, 0.3) is 5.91 Å². The summed E-state index contributed by atoms with van der Waals surface area (Å²) < 4.78 is 62.1. The molecule has 0 unspecified atom stereocenters. The van der Waals surface area contributed by atoms with E-state index in [1.165, 1.54) is 18.3 Å². The van der Waals surface area contributed by atoms with E-state index in [1.54, 1.807) is 12.1 Å². The van der Waals surface area contributed by atoms with E-state index in [-0.39, 0.29) is 17.3 Å². The van der Waals surface area contributed by atoms with E-state index in [9.17, 15) is 22.8 Å². The van der Waals surface area contributed by atoms with Crippen LogP contribution in [0.5, 0.6) is 5.88 Å². The molecule has 212 valence electrons. The predicted octanol–water partition coefficient (Wildman–Crippen LogP) is 4.78. The summed E-state index contributed by atoms with van der Waals surface area (Å²) in [5.41, 5.74) is -2.11. The zero-order chi connectivity index (χ0) is 28.6. The number of aromatic nitrogens is 2. The van der Waals surface area contributed by atoms with Crippen molar-refractivity contribution in [2.24, 2.45) is 5.92 Å². The van der Waals surface area contributed by atoms with Crippen LogP contribution in [0.15, 0.2) is 47.5 Å². The number of aromatic amines is 1. The quantitative estimate of drug-likeness (QED) is 0.387. The maximum Gasteiger partial charge on any atom is 0.417 e. The number of pyridine rings is 2. The second-order valence-electron chi connectivity index (χ2n) is 10.4. The molecular formula is C28H29F4N5O3. The number of rotatable bonds is 8. The number of benzene rings is 1. The van der Waals surface area contributed by atoms with Crippen LogP contribution >= 0.6 is 0 Å². The third-order valence-electron chi connectivity index (χ3n) is 7.25. The molecule has 1 aromatic carbocycles. The SMILES string of the molecule is CN(C)[C@H]1CCN(c2cc(F)c(-c3ccc(OCC4CC4)nc3)cc2NC(=O)c2c[nH]c(=O)cc2C(F)(F)F)C1. The number of ether oxygens (including phenoxy) is 1. The molecule has 1 aliphatic carbocycles. The van der Waals surface area contributed by atoms with Gasteiger partial charge in [-0.2, -0.15) is 13.2 Å². The van der Waals surface area contributed by atoms with E-state index >= 15 is 4.39 Å². The fraction of sp³-hybridized carbons (Fsp3) is 0.393. The average molecular weight is 560 g/mol. The van der Waals surface area contributed by atoms with E-state index in [2.05, 4.69) is 15.3 Å². The number of nitrogens with zero attached hydrogens (tertiary/aromatic N) is 3. The Morgan fingerprint density at radius 2 is 1.98 bits per heavy atom. The monoisotopic (exact) mass is 559 g/mol. The lowest BCUT2D eigenvalue weighted by Crippen LogP contribution is -2.32. The second-order valence-corrected chi connectivity index (χ2v) is 10.4.